The van der Waals surface area contributed by atoms with Crippen LogP contribution in [0.2, 0.25) is 0 Å². The first-order chi connectivity index (χ1) is 13.0. The molecule has 11 heteroatoms. The van der Waals surface area contributed by atoms with Crippen LogP contribution in [0, 0.1) is 0 Å². The fraction of sp³-hybridized carbons (Fsp3) is 0.312. The molecule has 1 saturated heterocycles. The van der Waals surface area contributed by atoms with Gasteiger partial charge in [0.2, 0.25) is 10.0 Å². The van der Waals surface area contributed by atoms with Gasteiger partial charge in [0.15, 0.2) is 5.58 Å². The van der Waals surface area contributed by atoms with E-state index in [0.29, 0.717) is 24.1 Å². The summed E-state index contributed by atoms with van der Waals surface area (Å²) in [6.45, 7) is 0.470. The van der Waals surface area contributed by atoms with E-state index in [2.05, 4.69) is 15.0 Å². The summed E-state index contributed by atoms with van der Waals surface area (Å²) in [6, 6.07) is 4.25. The average Bonchev–Trinajstić information content (AvgIpc) is 3.27. The van der Waals surface area contributed by atoms with E-state index >= 15 is 0 Å². The Morgan fingerprint density at radius 3 is 2.81 bits per heavy atom. The number of H-pyrrole nitrogens is 1. The molecule has 2 aromatic heterocycles. The minimum absolute atomic E-state index is 0.0739. The number of aromatic nitrogens is 3. The number of benzene rings is 1. The second-order valence-corrected chi connectivity index (χ2v) is 7.87. The monoisotopic (exact) mass is 392 g/mol. The van der Waals surface area contributed by atoms with Crippen molar-refractivity contribution in [2.24, 2.45) is 0 Å². The number of nitrogens with one attached hydrogen (secondary N) is 1. The topological polar surface area (TPSA) is 128 Å². The molecule has 27 heavy (non-hydrogen) atoms. The molecule has 0 saturated carbocycles. The zero-order chi connectivity index (χ0) is 19.0. The van der Waals surface area contributed by atoms with Crippen molar-refractivity contribution in [3.05, 3.63) is 41.1 Å². The smallest absolute Gasteiger partial charge is 0.417 e. The lowest BCUT2D eigenvalue weighted by atomic mass is 10.3. The Hall–Kier alpha value is -2.92. The van der Waals surface area contributed by atoms with Gasteiger partial charge >= 0.3 is 5.76 Å². The van der Waals surface area contributed by atoms with Crippen LogP contribution in [-0.4, -0.2) is 54.0 Å². The van der Waals surface area contributed by atoms with Gasteiger partial charge in [0.05, 0.1) is 24.1 Å². The molecule has 1 aromatic carbocycles. The highest BCUT2D eigenvalue weighted by Gasteiger charge is 2.34. The SMILES string of the molecule is COc1nccnc1O[C@H]1CCN(S(=O)(=O)c2ccc3oc(=O)[nH]c3c2)C1. The molecule has 0 radical (unpaired) electrons. The number of ether oxygens (including phenoxy) is 2. The molecule has 4 rings (SSSR count). The van der Waals surface area contributed by atoms with Crippen molar-refractivity contribution in [1.29, 1.82) is 0 Å². The second-order valence-electron chi connectivity index (χ2n) is 5.93. The van der Waals surface area contributed by atoms with Gasteiger partial charge in [0.25, 0.3) is 11.8 Å². The third-order valence-corrected chi connectivity index (χ3v) is 6.10. The summed E-state index contributed by atoms with van der Waals surface area (Å²) < 4.78 is 42.9. The van der Waals surface area contributed by atoms with Crippen molar-refractivity contribution in [3.63, 3.8) is 0 Å². The van der Waals surface area contributed by atoms with Crippen molar-refractivity contribution in [3.8, 4) is 11.8 Å². The van der Waals surface area contributed by atoms with Crippen molar-refractivity contribution < 1.29 is 22.3 Å². The molecule has 3 heterocycles. The van der Waals surface area contributed by atoms with Crippen molar-refractivity contribution >= 4 is 21.1 Å². The Labute approximate surface area is 153 Å². The summed E-state index contributed by atoms with van der Waals surface area (Å²) >= 11 is 0. The third kappa shape index (κ3) is 3.26. The molecule has 0 unspecified atom stereocenters. The highest BCUT2D eigenvalue weighted by atomic mass is 32.2. The number of nitrogens with zero attached hydrogens (tertiary/aromatic N) is 3. The van der Waals surface area contributed by atoms with Crippen LogP contribution in [0.1, 0.15) is 6.42 Å². The maximum absolute atomic E-state index is 12.9. The Morgan fingerprint density at radius 2 is 2.04 bits per heavy atom. The van der Waals surface area contributed by atoms with Gasteiger partial charge in [-0.05, 0) is 24.6 Å². The number of hydrogen-bond donors (Lipinski definition) is 1. The highest BCUT2D eigenvalue weighted by molar-refractivity contribution is 7.89. The number of methoxy groups -OCH3 is 1. The van der Waals surface area contributed by atoms with Gasteiger partial charge in [-0.3, -0.25) is 4.98 Å². The van der Waals surface area contributed by atoms with E-state index in [1.807, 2.05) is 0 Å². The lowest BCUT2D eigenvalue weighted by Crippen LogP contribution is -2.31. The average molecular weight is 392 g/mol. The molecule has 0 bridgehead atoms. The summed E-state index contributed by atoms with van der Waals surface area (Å²) in [7, 11) is -2.28. The van der Waals surface area contributed by atoms with Gasteiger partial charge < -0.3 is 13.9 Å². The van der Waals surface area contributed by atoms with E-state index in [1.54, 1.807) is 0 Å². The van der Waals surface area contributed by atoms with E-state index in [0.717, 1.165) is 0 Å². The molecule has 3 aromatic rings. The molecule has 10 nitrogen and oxygen atoms in total. The number of hydrogen-bond acceptors (Lipinski definition) is 8. The van der Waals surface area contributed by atoms with Crippen molar-refractivity contribution in [2.45, 2.75) is 17.4 Å². The van der Waals surface area contributed by atoms with Crippen LogP contribution >= 0.6 is 0 Å². The van der Waals surface area contributed by atoms with Crippen LogP contribution in [0.5, 0.6) is 11.8 Å². The second kappa shape index (κ2) is 6.67. The molecule has 1 fully saturated rings. The standard InChI is InChI=1S/C16H16N4O6S/c1-24-14-15(18-6-5-17-14)25-10-4-7-20(9-10)27(22,23)11-2-3-13-12(8-11)19-16(21)26-13/h2-3,5-6,8,10H,4,7,9H2,1H3,(H,19,21)/t10-/m0/s1. The van der Waals surface area contributed by atoms with Gasteiger partial charge in [-0.15, -0.1) is 0 Å². The molecule has 0 spiro atoms. The molecule has 1 atom stereocenters. The maximum atomic E-state index is 12.9. The molecular weight excluding hydrogens is 376 g/mol. The summed E-state index contributed by atoms with van der Waals surface area (Å²) in [4.78, 5) is 21.9. The molecule has 0 aliphatic carbocycles. The predicted octanol–water partition coefficient (Wildman–Crippen LogP) is 0.762. The Balaban J connectivity index is 1.53. The fourth-order valence-corrected chi connectivity index (χ4v) is 4.46. The number of sulfonamides is 1. The van der Waals surface area contributed by atoms with E-state index in [-0.39, 0.29) is 29.3 Å². The third-order valence-electron chi connectivity index (χ3n) is 4.24. The quantitative estimate of drug-likeness (QED) is 0.674. The number of rotatable bonds is 5. The van der Waals surface area contributed by atoms with Gasteiger partial charge in [-0.25, -0.2) is 23.2 Å². The molecular formula is C16H16N4O6S. The summed E-state index contributed by atoms with van der Waals surface area (Å²) in [5, 5.41) is 0. The molecule has 142 valence electrons. The Bertz CT molecular complexity index is 1140. The van der Waals surface area contributed by atoms with E-state index in [9.17, 15) is 13.2 Å². The van der Waals surface area contributed by atoms with Crippen LogP contribution < -0.4 is 15.2 Å². The normalized spacial score (nSPS) is 18.0. The molecule has 1 aliphatic rings. The van der Waals surface area contributed by atoms with Gasteiger partial charge in [-0.1, -0.05) is 0 Å². The first-order valence-corrected chi connectivity index (χ1v) is 9.56. The molecule has 1 N–H and O–H groups in total. The lowest BCUT2D eigenvalue weighted by Gasteiger charge is -2.17. The number of oxazole rings is 1. The fourth-order valence-electron chi connectivity index (χ4n) is 2.94. The van der Waals surface area contributed by atoms with Gasteiger partial charge in [0, 0.05) is 18.9 Å². The van der Waals surface area contributed by atoms with Crippen LogP contribution in [-0.2, 0) is 10.0 Å². The first kappa shape index (κ1) is 17.5. The predicted molar refractivity (Wildman–Crippen MR) is 93.2 cm³/mol. The van der Waals surface area contributed by atoms with Crippen molar-refractivity contribution in [2.75, 3.05) is 20.2 Å². The first-order valence-electron chi connectivity index (χ1n) is 8.12. The summed E-state index contributed by atoms with van der Waals surface area (Å²) in [6.07, 6.45) is 3.09. The zero-order valence-electron chi connectivity index (χ0n) is 14.3. The number of fused-ring (bicyclic) bond motifs is 1. The summed E-state index contributed by atoms with van der Waals surface area (Å²) in [5.74, 6) is -0.165. The largest absolute Gasteiger partial charge is 0.477 e. The Morgan fingerprint density at radius 1 is 1.26 bits per heavy atom. The Kier molecular flexibility index (Phi) is 4.32. The van der Waals surface area contributed by atoms with E-state index in [4.69, 9.17) is 13.9 Å². The molecule has 1 aliphatic heterocycles. The molecule has 0 amide bonds. The highest BCUT2D eigenvalue weighted by Crippen LogP contribution is 2.27. The maximum Gasteiger partial charge on any atom is 0.417 e. The van der Waals surface area contributed by atoms with Crippen molar-refractivity contribution in [1.82, 2.24) is 19.3 Å². The lowest BCUT2D eigenvalue weighted by molar-refractivity contribution is 0.194. The van der Waals surface area contributed by atoms with Gasteiger partial charge in [-0.2, -0.15) is 4.31 Å². The zero-order valence-corrected chi connectivity index (χ0v) is 15.1. The van der Waals surface area contributed by atoms with E-state index in [1.165, 1.54) is 42.0 Å². The minimum atomic E-state index is -3.74. The minimum Gasteiger partial charge on any atom is -0.477 e. The van der Waals surface area contributed by atoms with Crippen LogP contribution in [0.3, 0.4) is 0 Å². The van der Waals surface area contributed by atoms with Crippen LogP contribution in [0.25, 0.3) is 11.1 Å². The number of aromatic amines is 1. The van der Waals surface area contributed by atoms with E-state index < -0.39 is 15.8 Å². The van der Waals surface area contributed by atoms with Crippen LogP contribution in [0.4, 0.5) is 0 Å². The summed E-state index contributed by atoms with van der Waals surface area (Å²) in [5.41, 5.74) is 0.633. The van der Waals surface area contributed by atoms with Crippen LogP contribution in [0.15, 0.2) is 44.7 Å². The van der Waals surface area contributed by atoms with Gasteiger partial charge in [0.1, 0.15) is 6.10 Å².